The second-order valence-electron chi connectivity index (χ2n) is 3.95. The van der Waals surface area contributed by atoms with Crippen molar-refractivity contribution < 1.29 is 13.5 Å². The molecule has 0 fully saturated rings. The van der Waals surface area contributed by atoms with Gasteiger partial charge in [-0.25, -0.2) is 12.7 Å². The molecule has 1 aromatic rings. The monoisotopic (exact) mass is 308 g/mol. The minimum atomic E-state index is -3.52. The Bertz CT molecular complexity index is 522. The van der Waals surface area contributed by atoms with Crippen LogP contribution in [0.25, 0.3) is 0 Å². The first-order chi connectivity index (χ1) is 8.25. The van der Waals surface area contributed by atoms with Crippen LogP contribution < -0.4 is 5.73 Å². The molecule has 1 atom stereocenters. The highest BCUT2D eigenvalue weighted by Crippen LogP contribution is 2.24. The van der Waals surface area contributed by atoms with Gasteiger partial charge in [-0.15, -0.1) is 11.3 Å². The van der Waals surface area contributed by atoms with Crippen LogP contribution in [0.4, 0.5) is 0 Å². The molecule has 0 aromatic carbocycles. The van der Waals surface area contributed by atoms with Crippen molar-refractivity contribution in [3.8, 4) is 0 Å². The number of nitrogens with zero attached hydrogens (tertiary/aromatic N) is 1. The fraction of sp³-hybridized carbons (Fsp3) is 0.500. The predicted molar refractivity (Wildman–Crippen MR) is 76.3 cm³/mol. The topological polar surface area (TPSA) is 83.6 Å². The van der Waals surface area contributed by atoms with Crippen molar-refractivity contribution in [3.05, 3.63) is 17.0 Å². The van der Waals surface area contributed by atoms with Gasteiger partial charge in [-0.05, 0) is 25.5 Å². The molecule has 0 radical (unpaired) electrons. The first-order valence-electron chi connectivity index (χ1n) is 5.29. The highest BCUT2D eigenvalue weighted by atomic mass is 32.2. The molecule has 1 aromatic heterocycles. The van der Waals surface area contributed by atoms with Crippen molar-refractivity contribution >= 4 is 38.6 Å². The maximum Gasteiger partial charge on any atom is 0.252 e. The summed E-state index contributed by atoms with van der Waals surface area (Å²) in [6.45, 7) is 1.89. The summed E-state index contributed by atoms with van der Waals surface area (Å²) in [6, 6.07) is 3.09. The van der Waals surface area contributed by atoms with E-state index in [-0.39, 0.29) is 15.7 Å². The van der Waals surface area contributed by atoms with E-state index in [0.29, 0.717) is 11.3 Å². The fourth-order valence-electron chi connectivity index (χ4n) is 1.23. The van der Waals surface area contributed by atoms with Crippen LogP contribution in [0.5, 0.6) is 0 Å². The van der Waals surface area contributed by atoms with Crippen LogP contribution in [0.2, 0.25) is 0 Å². The number of thiophene rings is 1. The molecular formula is C10H16N2O3S3. The molecule has 0 aliphatic rings. The molecule has 102 valence electrons. The average molecular weight is 308 g/mol. The molecule has 0 spiro atoms. The minimum Gasteiger partial charge on any atom is -0.393 e. The van der Waals surface area contributed by atoms with E-state index >= 15 is 0 Å². The van der Waals surface area contributed by atoms with Crippen molar-refractivity contribution in [2.24, 2.45) is 5.73 Å². The molecule has 1 unspecified atom stereocenters. The average Bonchev–Trinajstić information content (AvgIpc) is 2.75. The Labute approximate surface area is 116 Å². The van der Waals surface area contributed by atoms with Gasteiger partial charge >= 0.3 is 0 Å². The van der Waals surface area contributed by atoms with Crippen LogP contribution in [-0.4, -0.2) is 42.5 Å². The second-order valence-corrected chi connectivity index (χ2v) is 7.74. The summed E-state index contributed by atoms with van der Waals surface area (Å²) in [5.41, 5.74) is 5.45. The lowest BCUT2D eigenvalue weighted by Crippen LogP contribution is -2.29. The van der Waals surface area contributed by atoms with E-state index in [1.807, 2.05) is 0 Å². The van der Waals surface area contributed by atoms with Crippen molar-refractivity contribution in [1.29, 1.82) is 0 Å². The summed E-state index contributed by atoms with van der Waals surface area (Å²) in [7, 11) is -2.04. The lowest BCUT2D eigenvalue weighted by atomic mass is 10.3. The van der Waals surface area contributed by atoms with Crippen molar-refractivity contribution in [3.63, 3.8) is 0 Å². The molecule has 8 heteroatoms. The Morgan fingerprint density at radius 3 is 2.67 bits per heavy atom. The Balaban J connectivity index is 2.87. The van der Waals surface area contributed by atoms with E-state index in [4.69, 9.17) is 23.1 Å². The van der Waals surface area contributed by atoms with Crippen molar-refractivity contribution in [1.82, 2.24) is 4.31 Å². The van der Waals surface area contributed by atoms with Crippen molar-refractivity contribution in [2.75, 3.05) is 13.6 Å². The SMILES string of the molecule is CC(O)CCN(C)S(=O)(=O)c1ccc(C(N)=S)s1. The summed E-state index contributed by atoms with van der Waals surface area (Å²) < 4.78 is 25.7. The van der Waals surface area contributed by atoms with Gasteiger partial charge in [0.2, 0.25) is 0 Å². The normalized spacial score (nSPS) is 13.8. The Morgan fingerprint density at radius 2 is 2.22 bits per heavy atom. The molecule has 0 aliphatic heterocycles. The Morgan fingerprint density at radius 1 is 1.61 bits per heavy atom. The maximum atomic E-state index is 12.2. The molecule has 0 aliphatic carbocycles. The van der Waals surface area contributed by atoms with Crippen LogP contribution in [0.3, 0.4) is 0 Å². The molecule has 0 saturated carbocycles. The fourth-order valence-corrected chi connectivity index (χ4v) is 3.98. The van der Waals surface area contributed by atoms with Gasteiger partial charge in [-0.2, -0.15) is 0 Å². The molecule has 0 saturated heterocycles. The van der Waals surface area contributed by atoms with Gasteiger partial charge in [-0.3, -0.25) is 0 Å². The highest BCUT2D eigenvalue weighted by Gasteiger charge is 2.23. The zero-order valence-corrected chi connectivity index (χ0v) is 12.6. The third-order valence-corrected chi connectivity index (χ3v) is 6.14. The van der Waals surface area contributed by atoms with Gasteiger partial charge in [0, 0.05) is 13.6 Å². The third-order valence-electron chi connectivity index (χ3n) is 2.35. The van der Waals surface area contributed by atoms with Gasteiger partial charge in [0.1, 0.15) is 9.20 Å². The van der Waals surface area contributed by atoms with Crippen LogP contribution in [0, 0.1) is 0 Å². The predicted octanol–water partition coefficient (Wildman–Crippen LogP) is 0.774. The number of hydrogen-bond donors (Lipinski definition) is 2. The molecule has 0 bridgehead atoms. The molecule has 1 rings (SSSR count). The highest BCUT2D eigenvalue weighted by molar-refractivity contribution is 7.91. The zero-order chi connectivity index (χ0) is 13.9. The van der Waals surface area contributed by atoms with Gasteiger partial charge in [-0.1, -0.05) is 12.2 Å². The molecule has 1 heterocycles. The largest absolute Gasteiger partial charge is 0.393 e. The van der Waals surface area contributed by atoms with E-state index in [1.165, 1.54) is 17.4 Å². The van der Waals surface area contributed by atoms with Crippen molar-refractivity contribution in [2.45, 2.75) is 23.7 Å². The van der Waals surface area contributed by atoms with E-state index in [1.54, 1.807) is 13.0 Å². The first kappa shape index (κ1) is 15.5. The summed E-state index contributed by atoms with van der Waals surface area (Å²) in [5, 5.41) is 9.16. The second kappa shape index (κ2) is 6.07. The molecule has 3 N–H and O–H groups in total. The number of nitrogens with two attached hydrogens (primary N) is 1. The van der Waals surface area contributed by atoms with E-state index in [0.717, 1.165) is 11.3 Å². The summed E-state index contributed by atoms with van der Waals surface area (Å²) in [5.74, 6) is 0. The van der Waals surface area contributed by atoms with E-state index in [2.05, 4.69) is 0 Å². The molecular weight excluding hydrogens is 292 g/mol. The number of sulfonamides is 1. The maximum absolute atomic E-state index is 12.2. The van der Waals surface area contributed by atoms with Gasteiger partial charge in [0.05, 0.1) is 11.0 Å². The number of rotatable bonds is 6. The molecule has 5 nitrogen and oxygen atoms in total. The standard InChI is InChI=1S/C10H16N2O3S3/c1-7(13)5-6-12(2)18(14,15)9-4-3-8(17-9)10(11)16/h3-4,7,13H,5-6H2,1-2H3,(H2,11,16). The molecule has 0 amide bonds. The van der Waals surface area contributed by atoms with Crippen LogP contribution >= 0.6 is 23.6 Å². The number of thiocarbonyl (C=S) groups is 1. The van der Waals surface area contributed by atoms with E-state index in [9.17, 15) is 8.42 Å². The number of aliphatic hydroxyl groups is 1. The minimum absolute atomic E-state index is 0.188. The Hall–Kier alpha value is -0.540. The summed E-state index contributed by atoms with van der Waals surface area (Å²) >= 11 is 5.85. The van der Waals surface area contributed by atoms with Gasteiger partial charge < -0.3 is 10.8 Å². The third kappa shape index (κ3) is 3.72. The lowest BCUT2D eigenvalue weighted by molar-refractivity contribution is 0.177. The summed E-state index contributed by atoms with van der Waals surface area (Å²) in [6.07, 6.45) is -0.137. The van der Waals surface area contributed by atoms with Crippen LogP contribution in [-0.2, 0) is 10.0 Å². The summed E-state index contributed by atoms with van der Waals surface area (Å²) in [4.78, 5) is 0.764. The smallest absolute Gasteiger partial charge is 0.252 e. The van der Waals surface area contributed by atoms with Gasteiger partial charge in [0.25, 0.3) is 10.0 Å². The zero-order valence-electron chi connectivity index (χ0n) is 10.2. The Kier molecular flexibility index (Phi) is 5.23. The quantitative estimate of drug-likeness (QED) is 0.759. The lowest BCUT2D eigenvalue weighted by Gasteiger charge is -2.16. The van der Waals surface area contributed by atoms with Gasteiger partial charge in [0.15, 0.2) is 0 Å². The molecule has 18 heavy (non-hydrogen) atoms. The first-order valence-corrected chi connectivity index (χ1v) is 7.95. The van der Waals surface area contributed by atoms with Crippen LogP contribution in [0.1, 0.15) is 18.2 Å². The van der Waals surface area contributed by atoms with E-state index < -0.39 is 16.1 Å². The van der Waals surface area contributed by atoms with Crippen LogP contribution in [0.15, 0.2) is 16.3 Å². The number of aliphatic hydroxyl groups excluding tert-OH is 1. The number of hydrogen-bond acceptors (Lipinski definition) is 5.